The molecule has 6 heavy (non-hydrogen) atoms. The molecule has 4 heteroatoms. The van der Waals surface area contributed by atoms with Crippen molar-refractivity contribution in [2.24, 2.45) is 0 Å². The number of hydrogen-bond acceptors (Lipinski definition) is 1. The Kier molecular flexibility index (Phi) is 28.2. The zero-order chi connectivity index (χ0) is 5.41. The molecule has 0 spiro atoms. The summed E-state index contributed by atoms with van der Waals surface area (Å²) in [5, 5.41) is 0. The van der Waals surface area contributed by atoms with E-state index in [0.29, 0.717) is 0 Å². The van der Waals surface area contributed by atoms with Gasteiger partial charge in [-0.15, -0.1) is 0 Å². The minimum absolute atomic E-state index is 0.931. The van der Waals surface area contributed by atoms with Gasteiger partial charge in [-0.05, 0) is 0 Å². The fraction of sp³-hybridized carbons (Fsp3) is 0. The molecule has 0 aromatic heterocycles. The SMILES string of the molecule is C=[CH][Pt].[SiH3]O[SiH3]. The molecule has 0 saturated carbocycles. The van der Waals surface area contributed by atoms with E-state index in [1.807, 2.05) is 19.8 Å². The Morgan fingerprint density at radius 3 is 1.67 bits per heavy atom. The van der Waals surface area contributed by atoms with Gasteiger partial charge in [0.25, 0.3) is 0 Å². The van der Waals surface area contributed by atoms with Gasteiger partial charge in [0, 0.05) is 0 Å². The van der Waals surface area contributed by atoms with Crippen LogP contribution in [0.25, 0.3) is 0 Å². The van der Waals surface area contributed by atoms with Crippen molar-refractivity contribution in [2.45, 2.75) is 0 Å². The van der Waals surface area contributed by atoms with Crippen molar-refractivity contribution in [1.82, 2.24) is 0 Å². The van der Waals surface area contributed by atoms with Crippen LogP contribution in [0.5, 0.6) is 0 Å². The molecule has 0 bridgehead atoms. The molecule has 0 aromatic rings. The second-order valence-corrected chi connectivity index (χ2v) is 4.73. The Morgan fingerprint density at radius 2 is 1.67 bits per heavy atom. The third-order valence-electron chi connectivity index (χ3n) is 0. The van der Waals surface area contributed by atoms with Crippen molar-refractivity contribution in [2.75, 3.05) is 0 Å². The Bertz CT molecular complexity index is 25.5. The summed E-state index contributed by atoms with van der Waals surface area (Å²) in [7, 11) is 1.86. The van der Waals surface area contributed by atoms with Gasteiger partial charge in [-0.1, -0.05) is 0 Å². The first kappa shape index (κ1) is 9.94. The van der Waals surface area contributed by atoms with Gasteiger partial charge < -0.3 is 4.12 Å². The van der Waals surface area contributed by atoms with E-state index in [-0.39, 0.29) is 0 Å². The van der Waals surface area contributed by atoms with Crippen molar-refractivity contribution in [3.8, 4) is 0 Å². The van der Waals surface area contributed by atoms with Crippen LogP contribution in [0.2, 0.25) is 0 Å². The van der Waals surface area contributed by atoms with E-state index in [2.05, 4.69) is 10.7 Å². The summed E-state index contributed by atoms with van der Waals surface area (Å²) < 4.78 is 6.25. The van der Waals surface area contributed by atoms with Crippen LogP contribution in [-0.4, -0.2) is 21.0 Å². The van der Waals surface area contributed by atoms with Gasteiger partial charge in [0.15, 0.2) is 0 Å². The first-order valence-electron chi connectivity index (χ1n) is 1.41. The van der Waals surface area contributed by atoms with E-state index in [4.69, 9.17) is 0 Å². The van der Waals surface area contributed by atoms with E-state index in [9.17, 15) is 0 Å². The van der Waals surface area contributed by atoms with Gasteiger partial charge in [-0.25, -0.2) is 0 Å². The maximum absolute atomic E-state index is 4.53. The maximum Gasteiger partial charge on any atom is 0.129 e. The van der Waals surface area contributed by atoms with Crippen LogP contribution in [0, 0.1) is 0 Å². The van der Waals surface area contributed by atoms with Crippen LogP contribution >= 0.6 is 0 Å². The molecule has 0 fully saturated rings. The quantitative estimate of drug-likeness (QED) is 0.482. The molecule has 0 aromatic carbocycles. The predicted molar refractivity (Wildman–Crippen MR) is 31.2 cm³/mol. The molecular weight excluding hydrogens is 291 g/mol. The molecule has 41 valence electrons. The summed E-state index contributed by atoms with van der Waals surface area (Å²) in [4.78, 5) is 0. The average molecular weight is 300 g/mol. The molecule has 1 nitrogen and oxygen atoms in total. The summed E-state index contributed by atoms with van der Waals surface area (Å²) >= 11 is 2.04. The first-order chi connectivity index (χ1) is 2.83. The zero-order valence-electron chi connectivity index (χ0n) is 4.01. The van der Waals surface area contributed by atoms with E-state index in [1.165, 1.54) is 0 Å². The Balaban J connectivity index is 0. The van der Waals surface area contributed by atoms with Crippen molar-refractivity contribution in [3.05, 3.63) is 11.0 Å². The molecule has 0 N–H and O–H groups in total. The van der Waals surface area contributed by atoms with Crippen LogP contribution in [0.4, 0.5) is 0 Å². The van der Waals surface area contributed by atoms with Crippen molar-refractivity contribution in [3.63, 3.8) is 0 Å². The molecular formula is C2H9OPtSi2. The Hall–Kier alpha value is 0.822. The normalized spacial score (nSPS) is 6.33. The van der Waals surface area contributed by atoms with E-state index < -0.39 is 0 Å². The minimum atomic E-state index is 0.931. The number of hydrogen-bond donors (Lipinski definition) is 0. The summed E-state index contributed by atoms with van der Waals surface area (Å²) in [6.07, 6.45) is 0. The van der Waals surface area contributed by atoms with Crippen molar-refractivity contribution >= 4 is 21.0 Å². The van der Waals surface area contributed by atoms with Crippen LogP contribution in [0.1, 0.15) is 0 Å². The first-order valence-corrected chi connectivity index (χ1v) is 4.35. The molecule has 0 heterocycles. The van der Waals surface area contributed by atoms with Crippen LogP contribution in [-0.2, 0) is 23.9 Å². The zero-order valence-corrected chi connectivity index (χ0v) is 10.3. The third kappa shape index (κ3) is 104. The van der Waals surface area contributed by atoms with Crippen molar-refractivity contribution < 1.29 is 23.9 Å². The topological polar surface area (TPSA) is 9.23 Å². The summed E-state index contributed by atoms with van der Waals surface area (Å²) in [5.74, 6) is 0. The fourth-order valence-corrected chi connectivity index (χ4v) is 0. The van der Waals surface area contributed by atoms with Gasteiger partial charge in [0.2, 0.25) is 0 Å². The van der Waals surface area contributed by atoms with Gasteiger partial charge >= 0.3 is 30.9 Å². The number of rotatable bonds is 0. The van der Waals surface area contributed by atoms with Crippen LogP contribution in [0.3, 0.4) is 0 Å². The summed E-state index contributed by atoms with van der Waals surface area (Å²) in [6, 6.07) is 0. The second kappa shape index (κ2) is 17.0. The molecule has 0 radical (unpaired) electrons. The smallest absolute Gasteiger partial charge is 0.129 e. The predicted octanol–water partition coefficient (Wildman–Crippen LogP) is -1.76. The Labute approximate surface area is 56.1 Å². The maximum atomic E-state index is 4.53. The molecule has 0 unspecified atom stereocenters. The van der Waals surface area contributed by atoms with E-state index in [0.717, 1.165) is 21.0 Å². The molecule has 0 aliphatic heterocycles. The van der Waals surface area contributed by atoms with Gasteiger partial charge in [0.05, 0.1) is 0 Å². The standard InChI is InChI=1S/C2H3.H6OSi2.Pt/c1-2;2-1-3;/h1H,2H2;2-3H3;. The van der Waals surface area contributed by atoms with Gasteiger partial charge in [-0.3, -0.25) is 0 Å². The van der Waals surface area contributed by atoms with Crippen LogP contribution < -0.4 is 0 Å². The van der Waals surface area contributed by atoms with E-state index in [1.54, 1.807) is 4.47 Å². The van der Waals surface area contributed by atoms with Crippen LogP contribution in [0.15, 0.2) is 11.0 Å². The van der Waals surface area contributed by atoms with Crippen molar-refractivity contribution in [1.29, 1.82) is 0 Å². The molecule has 0 atom stereocenters. The average Bonchev–Trinajstić information content (AvgIpc) is 1.39. The van der Waals surface area contributed by atoms with Gasteiger partial charge in [0.1, 0.15) is 21.0 Å². The Morgan fingerprint density at radius 1 is 1.67 bits per heavy atom. The molecule has 0 amide bonds. The minimum Gasteiger partial charge on any atom is -0.471 e. The monoisotopic (exact) mass is 300 g/mol. The molecule has 0 saturated heterocycles. The fourth-order valence-electron chi connectivity index (χ4n) is 0. The molecule has 0 aliphatic carbocycles. The molecule has 0 rings (SSSR count). The second-order valence-electron chi connectivity index (χ2n) is 0.537. The largest absolute Gasteiger partial charge is 0.471 e. The van der Waals surface area contributed by atoms with E-state index >= 15 is 0 Å². The third-order valence-corrected chi connectivity index (χ3v) is 0. The van der Waals surface area contributed by atoms with Gasteiger partial charge in [-0.2, -0.15) is 0 Å². The molecule has 0 aliphatic rings. The summed E-state index contributed by atoms with van der Waals surface area (Å²) in [5.41, 5.74) is 0. The summed E-state index contributed by atoms with van der Waals surface area (Å²) in [6.45, 7) is 3.35.